The summed E-state index contributed by atoms with van der Waals surface area (Å²) in [5, 5.41) is 3.71. The molecule has 1 heterocycles. The number of carbonyl (C=O) groups excluding carboxylic acids is 2. The molecule has 3 rings (SSSR count). The van der Waals surface area contributed by atoms with Gasteiger partial charge in [0.15, 0.2) is 0 Å². The van der Waals surface area contributed by atoms with Gasteiger partial charge in [0.05, 0.1) is 22.8 Å². The quantitative estimate of drug-likeness (QED) is 0.852. The Kier molecular flexibility index (Phi) is 4.24. The van der Waals surface area contributed by atoms with Crippen molar-refractivity contribution in [2.24, 2.45) is 0 Å². The summed E-state index contributed by atoms with van der Waals surface area (Å²) in [6.07, 6.45) is -0.0773. The summed E-state index contributed by atoms with van der Waals surface area (Å²) < 4.78 is 13.8. The topological polar surface area (TPSA) is 49.4 Å². The van der Waals surface area contributed by atoms with Gasteiger partial charge in [0.25, 0.3) is 5.91 Å². The van der Waals surface area contributed by atoms with Crippen molar-refractivity contribution < 1.29 is 14.0 Å². The van der Waals surface area contributed by atoms with Gasteiger partial charge in [-0.15, -0.1) is 0 Å². The second-order valence-electron chi connectivity index (χ2n) is 5.04. The smallest absolute Gasteiger partial charge is 0.256 e. The Morgan fingerprint density at radius 1 is 1.13 bits per heavy atom. The highest BCUT2D eigenvalue weighted by molar-refractivity contribution is 6.36. The van der Waals surface area contributed by atoms with Crippen LogP contribution in [0.1, 0.15) is 6.42 Å². The molecule has 23 heavy (non-hydrogen) atoms. The minimum atomic E-state index is -0.805. The summed E-state index contributed by atoms with van der Waals surface area (Å²) >= 11 is 11.9. The average molecular weight is 353 g/mol. The van der Waals surface area contributed by atoms with E-state index >= 15 is 0 Å². The van der Waals surface area contributed by atoms with Crippen molar-refractivity contribution in [2.45, 2.75) is 12.5 Å². The van der Waals surface area contributed by atoms with E-state index in [1.165, 1.54) is 24.3 Å². The number of rotatable bonds is 3. The SMILES string of the molecule is O=C1CC(Nc2ccc(Cl)cc2Cl)C(=O)N1c1ccccc1F. The Labute approximate surface area is 141 Å². The standard InChI is InChI=1S/C16H11Cl2FN2O2/c17-9-5-6-12(10(18)7-9)20-13-8-15(22)21(16(13)23)14-4-2-1-3-11(14)19/h1-7,13,20H,8H2. The van der Waals surface area contributed by atoms with Gasteiger partial charge >= 0.3 is 0 Å². The molecule has 0 saturated carbocycles. The number of hydrogen-bond donors (Lipinski definition) is 1. The van der Waals surface area contributed by atoms with E-state index in [1.807, 2.05) is 0 Å². The Morgan fingerprint density at radius 3 is 2.57 bits per heavy atom. The van der Waals surface area contributed by atoms with E-state index < -0.39 is 23.7 Å². The molecule has 1 unspecified atom stereocenters. The summed E-state index contributed by atoms with van der Waals surface area (Å²) in [4.78, 5) is 25.4. The molecule has 1 fully saturated rings. The number of anilines is 2. The summed E-state index contributed by atoms with van der Waals surface area (Å²) in [5.41, 5.74) is 0.437. The number of benzene rings is 2. The van der Waals surface area contributed by atoms with E-state index in [9.17, 15) is 14.0 Å². The third-order valence-corrected chi connectivity index (χ3v) is 4.05. The maximum absolute atomic E-state index is 13.8. The van der Waals surface area contributed by atoms with Crippen LogP contribution in [-0.4, -0.2) is 17.9 Å². The molecule has 0 aliphatic carbocycles. The van der Waals surface area contributed by atoms with Gasteiger partial charge in [-0.1, -0.05) is 35.3 Å². The van der Waals surface area contributed by atoms with Crippen LogP contribution in [-0.2, 0) is 9.59 Å². The molecule has 0 spiro atoms. The summed E-state index contributed by atoms with van der Waals surface area (Å²) in [7, 11) is 0. The fourth-order valence-electron chi connectivity index (χ4n) is 2.43. The van der Waals surface area contributed by atoms with Crippen molar-refractivity contribution >= 4 is 46.4 Å². The van der Waals surface area contributed by atoms with Gasteiger partial charge in [-0.3, -0.25) is 9.59 Å². The van der Waals surface area contributed by atoms with Gasteiger partial charge in [0.1, 0.15) is 11.9 Å². The number of nitrogens with one attached hydrogen (secondary N) is 1. The maximum atomic E-state index is 13.8. The second kappa shape index (κ2) is 6.18. The molecule has 7 heteroatoms. The number of nitrogens with zero attached hydrogens (tertiary/aromatic N) is 1. The number of hydrogen-bond acceptors (Lipinski definition) is 3. The fourth-order valence-corrected chi connectivity index (χ4v) is 2.89. The normalized spacial score (nSPS) is 17.7. The molecule has 1 N–H and O–H groups in total. The molecule has 2 aromatic carbocycles. The van der Waals surface area contributed by atoms with Crippen molar-refractivity contribution in [2.75, 3.05) is 10.2 Å². The zero-order valence-electron chi connectivity index (χ0n) is 11.7. The first-order valence-corrected chi connectivity index (χ1v) is 7.56. The molecule has 0 radical (unpaired) electrons. The molecule has 1 atom stereocenters. The lowest BCUT2D eigenvalue weighted by Gasteiger charge is -2.17. The van der Waals surface area contributed by atoms with E-state index in [-0.39, 0.29) is 12.1 Å². The summed E-state index contributed by atoms with van der Waals surface area (Å²) in [6.45, 7) is 0. The van der Waals surface area contributed by atoms with Crippen LogP contribution in [0.15, 0.2) is 42.5 Å². The molecule has 0 aromatic heterocycles. The van der Waals surface area contributed by atoms with E-state index in [0.717, 1.165) is 4.90 Å². The minimum absolute atomic E-state index is 0.0472. The van der Waals surface area contributed by atoms with Gasteiger partial charge in [-0.05, 0) is 30.3 Å². The largest absolute Gasteiger partial charge is 0.372 e. The third-order valence-electron chi connectivity index (χ3n) is 3.50. The Hall–Kier alpha value is -2.11. The Bertz CT molecular complexity index is 797. The predicted octanol–water partition coefficient (Wildman–Crippen LogP) is 3.88. The predicted molar refractivity (Wildman–Crippen MR) is 87.4 cm³/mol. The lowest BCUT2D eigenvalue weighted by molar-refractivity contribution is -0.121. The zero-order chi connectivity index (χ0) is 16.6. The summed E-state index contributed by atoms with van der Waals surface area (Å²) in [5.74, 6) is -1.62. The molecular formula is C16H11Cl2FN2O2. The monoisotopic (exact) mass is 352 g/mol. The highest BCUT2D eigenvalue weighted by Gasteiger charge is 2.40. The molecule has 118 valence electrons. The van der Waals surface area contributed by atoms with Crippen molar-refractivity contribution in [3.63, 3.8) is 0 Å². The third kappa shape index (κ3) is 3.02. The molecule has 4 nitrogen and oxygen atoms in total. The van der Waals surface area contributed by atoms with Crippen LogP contribution in [0.3, 0.4) is 0 Å². The van der Waals surface area contributed by atoms with Gasteiger partial charge in [0, 0.05) is 5.02 Å². The summed E-state index contributed by atoms with van der Waals surface area (Å²) in [6, 6.07) is 9.61. The molecule has 1 aliphatic heterocycles. The maximum Gasteiger partial charge on any atom is 0.256 e. The first-order chi connectivity index (χ1) is 11.0. The molecule has 1 saturated heterocycles. The number of imide groups is 1. The van der Waals surface area contributed by atoms with Gasteiger partial charge in [-0.2, -0.15) is 0 Å². The lowest BCUT2D eigenvalue weighted by Crippen LogP contribution is -2.35. The van der Waals surface area contributed by atoms with Crippen molar-refractivity contribution in [1.82, 2.24) is 0 Å². The van der Waals surface area contributed by atoms with Crippen LogP contribution in [0.2, 0.25) is 10.0 Å². The van der Waals surface area contributed by atoms with Crippen LogP contribution < -0.4 is 10.2 Å². The zero-order valence-corrected chi connectivity index (χ0v) is 13.2. The first-order valence-electron chi connectivity index (χ1n) is 6.80. The van der Waals surface area contributed by atoms with Crippen LogP contribution in [0.5, 0.6) is 0 Å². The Balaban J connectivity index is 1.85. The number of carbonyl (C=O) groups is 2. The van der Waals surface area contributed by atoms with Crippen LogP contribution in [0.4, 0.5) is 15.8 Å². The van der Waals surface area contributed by atoms with Crippen molar-refractivity contribution in [1.29, 1.82) is 0 Å². The van der Waals surface area contributed by atoms with Gasteiger partial charge in [-0.25, -0.2) is 9.29 Å². The molecular weight excluding hydrogens is 342 g/mol. The number of halogens is 3. The van der Waals surface area contributed by atoms with E-state index in [4.69, 9.17) is 23.2 Å². The molecule has 1 aliphatic rings. The minimum Gasteiger partial charge on any atom is -0.372 e. The lowest BCUT2D eigenvalue weighted by atomic mass is 10.2. The van der Waals surface area contributed by atoms with Crippen molar-refractivity contribution in [3.8, 4) is 0 Å². The molecule has 2 amide bonds. The van der Waals surface area contributed by atoms with E-state index in [0.29, 0.717) is 15.7 Å². The molecule has 2 aromatic rings. The van der Waals surface area contributed by atoms with E-state index in [1.54, 1.807) is 18.2 Å². The van der Waals surface area contributed by atoms with E-state index in [2.05, 4.69) is 5.32 Å². The highest BCUT2D eigenvalue weighted by Crippen LogP contribution is 2.30. The van der Waals surface area contributed by atoms with Gasteiger partial charge in [0.2, 0.25) is 5.91 Å². The number of para-hydroxylation sites is 1. The van der Waals surface area contributed by atoms with Crippen molar-refractivity contribution in [3.05, 3.63) is 58.3 Å². The first kappa shape index (κ1) is 15.8. The second-order valence-corrected chi connectivity index (χ2v) is 5.89. The Morgan fingerprint density at radius 2 is 1.87 bits per heavy atom. The molecule has 0 bridgehead atoms. The number of amides is 2. The van der Waals surface area contributed by atoms with Crippen LogP contribution >= 0.6 is 23.2 Å². The van der Waals surface area contributed by atoms with Gasteiger partial charge < -0.3 is 5.32 Å². The fraction of sp³-hybridized carbons (Fsp3) is 0.125. The van der Waals surface area contributed by atoms with Crippen LogP contribution in [0.25, 0.3) is 0 Å². The highest BCUT2D eigenvalue weighted by atomic mass is 35.5. The average Bonchev–Trinajstić information content (AvgIpc) is 2.77. The van der Waals surface area contributed by atoms with Crippen LogP contribution in [0, 0.1) is 5.82 Å².